The van der Waals surface area contributed by atoms with Crippen LogP contribution in [0.4, 0.5) is 5.69 Å². The van der Waals surface area contributed by atoms with Crippen LogP contribution in [-0.2, 0) is 29.1 Å². The number of benzene rings is 4. The molecular weight excluding hydrogens is 432 g/mol. The molecule has 35 heavy (non-hydrogen) atoms. The first kappa shape index (κ1) is 23.7. The lowest BCUT2D eigenvalue weighted by Crippen LogP contribution is -2.28. The summed E-state index contributed by atoms with van der Waals surface area (Å²) in [5.74, 6) is -0.143. The molecule has 4 nitrogen and oxygen atoms in total. The van der Waals surface area contributed by atoms with Crippen molar-refractivity contribution in [1.29, 1.82) is 0 Å². The molecule has 0 saturated heterocycles. The fourth-order valence-electron chi connectivity index (χ4n) is 3.72. The van der Waals surface area contributed by atoms with Crippen LogP contribution < -0.4 is 10.2 Å². The van der Waals surface area contributed by atoms with E-state index in [0.717, 1.165) is 27.9 Å². The van der Waals surface area contributed by atoms with E-state index in [0.29, 0.717) is 13.1 Å². The first-order valence-corrected chi connectivity index (χ1v) is 11.7. The Bertz CT molecular complexity index is 1250. The molecule has 0 bridgehead atoms. The van der Waals surface area contributed by atoms with Crippen molar-refractivity contribution < 1.29 is 9.59 Å². The number of anilines is 1. The normalized spacial score (nSPS) is 10.7. The van der Waals surface area contributed by atoms with Gasteiger partial charge in [-0.2, -0.15) is 0 Å². The third kappa shape index (κ3) is 7.27. The minimum absolute atomic E-state index is 0.0374. The van der Waals surface area contributed by atoms with Crippen LogP contribution in [0.1, 0.15) is 22.3 Å². The SMILES string of the molecule is O=C(Cc1ccc(N(Cc2ccccc2)C(=O)/C=C/c2ccccc2)cc1)NCc1ccccc1. The number of nitrogens with zero attached hydrogens (tertiary/aromatic N) is 1. The molecule has 0 aromatic heterocycles. The van der Waals surface area contributed by atoms with Gasteiger partial charge in [-0.15, -0.1) is 0 Å². The third-order valence-corrected chi connectivity index (χ3v) is 5.61. The predicted octanol–water partition coefficient (Wildman–Crippen LogP) is 5.79. The van der Waals surface area contributed by atoms with E-state index in [-0.39, 0.29) is 18.2 Å². The Morgan fingerprint density at radius 1 is 0.657 bits per heavy atom. The molecule has 0 heterocycles. The average molecular weight is 461 g/mol. The number of carbonyl (C=O) groups is 2. The zero-order chi connectivity index (χ0) is 24.3. The number of carbonyl (C=O) groups excluding carboxylic acids is 2. The monoisotopic (exact) mass is 460 g/mol. The van der Waals surface area contributed by atoms with Crippen molar-refractivity contribution >= 4 is 23.6 Å². The molecule has 0 atom stereocenters. The second kappa shape index (κ2) is 12.1. The maximum Gasteiger partial charge on any atom is 0.251 e. The van der Waals surface area contributed by atoms with Gasteiger partial charge in [0, 0.05) is 18.3 Å². The van der Waals surface area contributed by atoms with Crippen LogP contribution in [0.5, 0.6) is 0 Å². The summed E-state index contributed by atoms with van der Waals surface area (Å²) in [4.78, 5) is 27.3. The highest BCUT2D eigenvalue weighted by Crippen LogP contribution is 2.20. The molecule has 4 heteroatoms. The molecule has 1 N–H and O–H groups in total. The van der Waals surface area contributed by atoms with Crippen LogP contribution in [0.25, 0.3) is 6.08 Å². The summed E-state index contributed by atoms with van der Waals surface area (Å²) >= 11 is 0. The molecule has 0 radical (unpaired) electrons. The fourth-order valence-corrected chi connectivity index (χ4v) is 3.72. The van der Waals surface area contributed by atoms with E-state index in [2.05, 4.69) is 5.32 Å². The lowest BCUT2D eigenvalue weighted by atomic mass is 10.1. The summed E-state index contributed by atoms with van der Waals surface area (Å²) in [6, 6.07) is 37.1. The van der Waals surface area contributed by atoms with Gasteiger partial charge in [0.2, 0.25) is 5.91 Å². The molecule has 174 valence electrons. The van der Waals surface area contributed by atoms with Crippen LogP contribution in [0.15, 0.2) is 121 Å². The Balaban J connectivity index is 1.45. The largest absolute Gasteiger partial charge is 0.352 e. The summed E-state index contributed by atoms with van der Waals surface area (Å²) in [5, 5.41) is 2.96. The minimum Gasteiger partial charge on any atom is -0.352 e. The van der Waals surface area contributed by atoms with E-state index in [4.69, 9.17) is 0 Å². The summed E-state index contributed by atoms with van der Waals surface area (Å²) < 4.78 is 0. The first-order chi connectivity index (χ1) is 17.2. The van der Waals surface area contributed by atoms with E-state index in [1.807, 2.05) is 121 Å². The van der Waals surface area contributed by atoms with Crippen LogP contribution in [0.2, 0.25) is 0 Å². The van der Waals surface area contributed by atoms with E-state index in [9.17, 15) is 9.59 Å². The quantitative estimate of drug-likeness (QED) is 0.321. The van der Waals surface area contributed by atoms with Crippen LogP contribution in [0.3, 0.4) is 0 Å². The molecular formula is C31H28N2O2. The van der Waals surface area contributed by atoms with Gasteiger partial charge in [-0.25, -0.2) is 0 Å². The molecule has 0 fully saturated rings. The maximum atomic E-state index is 13.2. The van der Waals surface area contributed by atoms with Crippen molar-refractivity contribution in [1.82, 2.24) is 5.32 Å². The van der Waals surface area contributed by atoms with Crippen molar-refractivity contribution in [2.45, 2.75) is 19.5 Å². The van der Waals surface area contributed by atoms with Gasteiger partial charge in [-0.1, -0.05) is 103 Å². The van der Waals surface area contributed by atoms with E-state index < -0.39 is 0 Å². The Hall–Kier alpha value is -4.44. The predicted molar refractivity (Wildman–Crippen MR) is 142 cm³/mol. The topological polar surface area (TPSA) is 49.4 Å². The fraction of sp³-hybridized carbons (Fsp3) is 0.0968. The molecule has 0 saturated carbocycles. The smallest absolute Gasteiger partial charge is 0.251 e. The second-order valence-electron chi connectivity index (χ2n) is 8.26. The molecule has 4 rings (SSSR count). The standard InChI is InChI=1S/C31H28N2O2/c34-30(32-23-27-12-6-2-7-13-27)22-26-16-19-29(20-17-26)33(24-28-14-8-3-9-15-28)31(35)21-18-25-10-4-1-5-11-25/h1-21H,22-24H2,(H,32,34)/b21-18+. The molecule has 0 unspecified atom stereocenters. The van der Waals surface area contributed by atoms with Crippen LogP contribution >= 0.6 is 0 Å². The Kier molecular flexibility index (Phi) is 8.23. The van der Waals surface area contributed by atoms with E-state index >= 15 is 0 Å². The summed E-state index contributed by atoms with van der Waals surface area (Å²) in [6.07, 6.45) is 3.71. The van der Waals surface area contributed by atoms with E-state index in [1.165, 1.54) is 0 Å². The van der Waals surface area contributed by atoms with Gasteiger partial charge in [-0.3, -0.25) is 9.59 Å². The molecule has 0 aliphatic rings. The van der Waals surface area contributed by atoms with Crippen molar-refractivity contribution in [3.05, 3.63) is 144 Å². The Morgan fingerprint density at radius 2 is 1.23 bits per heavy atom. The van der Waals surface area contributed by atoms with Crippen LogP contribution in [-0.4, -0.2) is 11.8 Å². The zero-order valence-electron chi connectivity index (χ0n) is 19.5. The number of hydrogen-bond donors (Lipinski definition) is 1. The third-order valence-electron chi connectivity index (χ3n) is 5.61. The van der Waals surface area contributed by atoms with Gasteiger partial charge in [0.05, 0.1) is 13.0 Å². The lowest BCUT2D eigenvalue weighted by molar-refractivity contribution is -0.120. The van der Waals surface area contributed by atoms with Gasteiger partial charge in [0.15, 0.2) is 0 Å². The van der Waals surface area contributed by atoms with E-state index in [1.54, 1.807) is 11.0 Å². The molecule has 0 aliphatic heterocycles. The van der Waals surface area contributed by atoms with Crippen molar-refractivity contribution in [3.63, 3.8) is 0 Å². The van der Waals surface area contributed by atoms with Crippen LogP contribution in [0, 0.1) is 0 Å². The second-order valence-corrected chi connectivity index (χ2v) is 8.26. The molecule has 4 aromatic carbocycles. The van der Waals surface area contributed by atoms with Crippen molar-refractivity contribution in [2.24, 2.45) is 0 Å². The lowest BCUT2D eigenvalue weighted by Gasteiger charge is -2.22. The number of hydrogen-bond acceptors (Lipinski definition) is 2. The summed E-state index contributed by atoms with van der Waals surface area (Å²) in [6.45, 7) is 0.959. The number of nitrogens with one attached hydrogen (secondary N) is 1. The molecule has 4 aromatic rings. The average Bonchev–Trinajstić information content (AvgIpc) is 2.91. The zero-order valence-corrected chi connectivity index (χ0v) is 19.5. The summed E-state index contributed by atoms with van der Waals surface area (Å²) in [7, 11) is 0. The van der Waals surface area contributed by atoms with Gasteiger partial charge < -0.3 is 10.2 Å². The van der Waals surface area contributed by atoms with Crippen molar-refractivity contribution in [3.8, 4) is 0 Å². The Morgan fingerprint density at radius 3 is 1.86 bits per heavy atom. The highest BCUT2D eigenvalue weighted by Gasteiger charge is 2.14. The molecule has 2 amide bonds. The highest BCUT2D eigenvalue weighted by molar-refractivity contribution is 6.03. The maximum absolute atomic E-state index is 13.2. The van der Waals surface area contributed by atoms with Gasteiger partial charge >= 0.3 is 0 Å². The number of amides is 2. The molecule has 0 aliphatic carbocycles. The first-order valence-electron chi connectivity index (χ1n) is 11.7. The minimum atomic E-state index is -0.105. The summed E-state index contributed by atoms with van der Waals surface area (Å²) in [5.41, 5.74) is 4.75. The van der Waals surface area contributed by atoms with Crippen molar-refractivity contribution in [2.75, 3.05) is 4.90 Å². The van der Waals surface area contributed by atoms with Gasteiger partial charge in [-0.05, 0) is 40.5 Å². The highest BCUT2D eigenvalue weighted by atomic mass is 16.2. The Labute approximate surface area is 206 Å². The van der Waals surface area contributed by atoms with Gasteiger partial charge in [0.1, 0.15) is 0 Å². The van der Waals surface area contributed by atoms with Gasteiger partial charge in [0.25, 0.3) is 5.91 Å². The number of rotatable bonds is 9. The molecule has 0 spiro atoms.